The lowest BCUT2D eigenvalue weighted by Crippen LogP contribution is -2.48. The van der Waals surface area contributed by atoms with E-state index in [1.807, 2.05) is 13.0 Å². The van der Waals surface area contributed by atoms with Crippen LogP contribution in [0, 0.1) is 17.6 Å². The van der Waals surface area contributed by atoms with Crippen LogP contribution in [0.25, 0.3) is 16.8 Å². The largest absolute Gasteiger partial charge is 0.491 e. The van der Waals surface area contributed by atoms with Crippen molar-refractivity contribution < 1.29 is 21.9 Å². The van der Waals surface area contributed by atoms with E-state index >= 15 is 0 Å². The molecule has 1 aromatic carbocycles. The zero-order valence-electron chi connectivity index (χ0n) is 22.7. The van der Waals surface area contributed by atoms with Gasteiger partial charge in [-0.25, -0.2) is 22.2 Å². The molecule has 12 heteroatoms. The number of nitrogens with one attached hydrogen (secondary N) is 1. The standard InChI is InChI=1S/C28H32F2N6O3S/c1-15(2)39-19-11-21(29)26(22(30)12-19)24-6-5-18-13-33-28(36(18)35-24)34-25-14-32-8-7-20(25)17-9-16(3)27(23(31)10-17)40(4,37)38/h5-8,11-17,23,27H,9-10,31H2,1-4H3,(H,33,34)/t16-,17+,23+,27-/m0/s1. The maximum atomic E-state index is 15.0. The second kappa shape index (κ2) is 10.7. The summed E-state index contributed by atoms with van der Waals surface area (Å²) in [6.45, 7) is 5.46. The number of nitrogens with two attached hydrogens (primary N) is 1. The molecule has 4 atom stereocenters. The SMILES string of the molecule is CC(C)Oc1cc(F)c(-c2ccc3cnc(Nc4cnccc4[C@H]4C[C@@H](N)[C@@H](S(C)(=O)=O)[C@@H](C)C4)n3n2)c(F)c1. The van der Waals surface area contributed by atoms with Crippen LogP contribution < -0.4 is 15.8 Å². The fourth-order valence-corrected chi connectivity index (χ4v) is 7.48. The highest BCUT2D eigenvalue weighted by molar-refractivity contribution is 7.91. The highest BCUT2D eigenvalue weighted by atomic mass is 32.2. The van der Waals surface area contributed by atoms with Gasteiger partial charge in [-0.3, -0.25) is 4.98 Å². The average Bonchev–Trinajstić information content (AvgIpc) is 3.24. The van der Waals surface area contributed by atoms with Crippen LogP contribution in [0.15, 0.2) is 48.9 Å². The first-order chi connectivity index (χ1) is 18.9. The second-order valence-electron chi connectivity index (χ2n) is 10.8. The Labute approximate surface area is 231 Å². The van der Waals surface area contributed by atoms with Crippen molar-refractivity contribution in [3.05, 3.63) is 66.1 Å². The van der Waals surface area contributed by atoms with Crippen LogP contribution in [-0.4, -0.2) is 51.7 Å². The van der Waals surface area contributed by atoms with Crippen molar-refractivity contribution in [1.82, 2.24) is 19.6 Å². The third-order valence-corrected chi connectivity index (χ3v) is 9.06. The Morgan fingerprint density at radius 1 is 1.12 bits per heavy atom. The summed E-state index contributed by atoms with van der Waals surface area (Å²) in [5.74, 6) is -1.28. The smallest absolute Gasteiger partial charge is 0.229 e. The fourth-order valence-electron chi connectivity index (χ4n) is 5.78. The first kappa shape index (κ1) is 27.9. The summed E-state index contributed by atoms with van der Waals surface area (Å²) in [6, 6.07) is 6.88. The van der Waals surface area contributed by atoms with Gasteiger partial charge in [-0.15, -0.1) is 0 Å². The van der Waals surface area contributed by atoms with Crippen molar-refractivity contribution in [2.75, 3.05) is 11.6 Å². The number of fused-ring (bicyclic) bond motifs is 1. The van der Waals surface area contributed by atoms with Gasteiger partial charge >= 0.3 is 0 Å². The number of halogens is 2. The van der Waals surface area contributed by atoms with Gasteiger partial charge in [-0.05, 0) is 62.3 Å². The molecule has 0 aliphatic heterocycles. The van der Waals surface area contributed by atoms with E-state index in [2.05, 4.69) is 20.4 Å². The van der Waals surface area contributed by atoms with E-state index in [1.54, 1.807) is 38.5 Å². The van der Waals surface area contributed by atoms with Gasteiger partial charge in [0.05, 0.1) is 46.2 Å². The topological polar surface area (TPSA) is 124 Å². The Balaban J connectivity index is 1.47. The van der Waals surface area contributed by atoms with Gasteiger partial charge in [0.25, 0.3) is 0 Å². The van der Waals surface area contributed by atoms with Crippen molar-refractivity contribution in [1.29, 1.82) is 0 Å². The number of hydrogen-bond acceptors (Lipinski definition) is 8. The summed E-state index contributed by atoms with van der Waals surface area (Å²) in [7, 11) is -3.28. The number of nitrogens with zero attached hydrogens (tertiary/aromatic N) is 4. The molecule has 40 heavy (non-hydrogen) atoms. The van der Waals surface area contributed by atoms with Crippen LogP contribution >= 0.6 is 0 Å². The van der Waals surface area contributed by atoms with Crippen molar-refractivity contribution in [2.24, 2.45) is 11.7 Å². The maximum Gasteiger partial charge on any atom is 0.229 e. The molecule has 3 aromatic heterocycles. The lowest BCUT2D eigenvalue weighted by Gasteiger charge is -2.38. The molecule has 0 unspecified atom stereocenters. The summed E-state index contributed by atoms with van der Waals surface area (Å²) in [4.78, 5) is 8.68. The van der Waals surface area contributed by atoms with E-state index in [1.165, 1.54) is 16.8 Å². The molecule has 9 nitrogen and oxygen atoms in total. The molecule has 212 valence electrons. The fraction of sp³-hybridized carbons (Fsp3) is 0.393. The van der Waals surface area contributed by atoms with Gasteiger partial charge < -0.3 is 15.8 Å². The minimum Gasteiger partial charge on any atom is -0.491 e. The van der Waals surface area contributed by atoms with E-state index < -0.39 is 32.8 Å². The Kier molecular flexibility index (Phi) is 7.49. The lowest BCUT2D eigenvalue weighted by atomic mass is 9.76. The molecule has 3 heterocycles. The zero-order chi connectivity index (χ0) is 28.8. The van der Waals surface area contributed by atoms with Gasteiger partial charge in [-0.1, -0.05) is 6.92 Å². The van der Waals surface area contributed by atoms with Crippen LogP contribution in [-0.2, 0) is 9.84 Å². The third-order valence-electron chi connectivity index (χ3n) is 7.26. The van der Waals surface area contributed by atoms with Crippen molar-refractivity contribution in [2.45, 2.75) is 56.9 Å². The molecule has 5 rings (SSSR count). The number of pyridine rings is 1. The van der Waals surface area contributed by atoms with E-state index in [0.717, 1.165) is 17.7 Å². The highest BCUT2D eigenvalue weighted by Gasteiger charge is 2.40. The predicted octanol–water partition coefficient (Wildman–Crippen LogP) is 4.85. The van der Waals surface area contributed by atoms with Crippen LogP contribution in [0.4, 0.5) is 20.4 Å². The molecule has 4 aromatic rings. The monoisotopic (exact) mass is 570 g/mol. The minimum atomic E-state index is -3.28. The molecule has 1 fully saturated rings. The number of aromatic nitrogens is 4. The Bertz CT molecular complexity index is 1620. The Morgan fingerprint density at radius 3 is 2.50 bits per heavy atom. The van der Waals surface area contributed by atoms with E-state index in [4.69, 9.17) is 10.5 Å². The first-order valence-corrected chi connectivity index (χ1v) is 15.0. The number of benzene rings is 1. The maximum absolute atomic E-state index is 15.0. The van der Waals surface area contributed by atoms with Crippen molar-refractivity contribution in [3.8, 4) is 17.0 Å². The van der Waals surface area contributed by atoms with Gasteiger partial charge in [-0.2, -0.15) is 9.61 Å². The molecule has 0 amide bonds. The van der Waals surface area contributed by atoms with Gasteiger partial charge in [0.2, 0.25) is 5.95 Å². The second-order valence-corrected chi connectivity index (χ2v) is 13.0. The van der Waals surface area contributed by atoms with Gasteiger partial charge in [0.1, 0.15) is 17.4 Å². The van der Waals surface area contributed by atoms with Gasteiger partial charge in [0, 0.05) is 30.6 Å². The third kappa shape index (κ3) is 5.50. The number of hydrogen-bond donors (Lipinski definition) is 2. The number of rotatable bonds is 7. The predicted molar refractivity (Wildman–Crippen MR) is 149 cm³/mol. The number of imidazole rings is 1. The average molecular weight is 571 g/mol. The molecule has 1 aliphatic rings. The van der Waals surface area contributed by atoms with Crippen LogP contribution in [0.2, 0.25) is 0 Å². The van der Waals surface area contributed by atoms with Crippen molar-refractivity contribution in [3.63, 3.8) is 0 Å². The summed E-state index contributed by atoms with van der Waals surface area (Å²) < 4.78 is 61.5. The lowest BCUT2D eigenvalue weighted by molar-refractivity contribution is 0.240. The molecular formula is C28H32F2N6O3S. The quantitative estimate of drug-likeness (QED) is 0.323. The number of anilines is 2. The summed E-state index contributed by atoms with van der Waals surface area (Å²) in [5.41, 5.74) is 8.38. The van der Waals surface area contributed by atoms with Crippen LogP contribution in [0.3, 0.4) is 0 Å². The van der Waals surface area contributed by atoms with Crippen LogP contribution in [0.1, 0.15) is 45.1 Å². The summed E-state index contributed by atoms with van der Waals surface area (Å²) in [5, 5.41) is 7.15. The highest BCUT2D eigenvalue weighted by Crippen LogP contribution is 2.41. The summed E-state index contributed by atoms with van der Waals surface area (Å²) >= 11 is 0. The van der Waals surface area contributed by atoms with E-state index in [0.29, 0.717) is 30.0 Å². The molecule has 0 saturated heterocycles. The normalized spacial score (nSPS) is 21.6. The van der Waals surface area contributed by atoms with Gasteiger partial charge in [0.15, 0.2) is 9.84 Å². The zero-order valence-corrected chi connectivity index (χ0v) is 23.5. The molecule has 3 N–H and O–H groups in total. The minimum absolute atomic E-state index is 0.00184. The van der Waals surface area contributed by atoms with E-state index in [9.17, 15) is 17.2 Å². The first-order valence-electron chi connectivity index (χ1n) is 13.1. The van der Waals surface area contributed by atoms with Crippen LogP contribution in [0.5, 0.6) is 5.75 Å². The molecule has 1 aliphatic carbocycles. The van der Waals surface area contributed by atoms with Crippen molar-refractivity contribution >= 4 is 27.0 Å². The molecule has 0 spiro atoms. The van der Waals surface area contributed by atoms with E-state index in [-0.39, 0.29) is 34.9 Å². The molecule has 1 saturated carbocycles. The number of ether oxygens (including phenoxy) is 1. The Morgan fingerprint density at radius 2 is 1.85 bits per heavy atom. The number of sulfone groups is 1. The Hall–Kier alpha value is -3.64. The molecule has 0 radical (unpaired) electrons. The summed E-state index contributed by atoms with van der Waals surface area (Å²) in [6.07, 6.45) is 7.08. The molecule has 0 bridgehead atoms. The molecular weight excluding hydrogens is 538 g/mol.